The molecule has 1 aliphatic carbocycles. The quantitative estimate of drug-likeness (QED) is 0.720. The lowest BCUT2D eigenvalue weighted by Crippen LogP contribution is -2.52. The highest BCUT2D eigenvalue weighted by Gasteiger charge is 2.31. The van der Waals surface area contributed by atoms with Gasteiger partial charge in [-0.1, -0.05) is 33.6 Å². The number of hydrogen-bond acceptors (Lipinski definition) is 2. The monoisotopic (exact) mass is 198 g/mol. The van der Waals surface area contributed by atoms with Crippen molar-refractivity contribution in [1.29, 1.82) is 0 Å². The third-order valence-corrected chi connectivity index (χ3v) is 2.91. The van der Waals surface area contributed by atoms with E-state index >= 15 is 0 Å². The number of carbonyl (C=O) groups excluding carboxylic acids is 1. The average Bonchev–Trinajstić information content (AvgIpc) is 2.48. The summed E-state index contributed by atoms with van der Waals surface area (Å²) >= 11 is 0. The summed E-state index contributed by atoms with van der Waals surface area (Å²) in [6.45, 7) is 6.14. The molecule has 82 valence electrons. The topological polar surface area (TPSA) is 55.1 Å². The van der Waals surface area contributed by atoms with Crippen LogP contribution in [0.2, 0.25) is 0 Å². The second-order valence-corrected chi connectivity index (χ2v) is 5.35. The maximum absolute atomic E-state index is 11.3. The Morgan fingerprint density at radius 1 is 1.36 bits per heavy atom. The molecule has 0 aromatic carbocycles. The molecular formula is C11H22N2O. The fraction of sp³-hybridized carbons (Fsp3) is 0.909. The first-order valence-electron chi connectivity index (χ1n) is 5.46. The Hall–Kier alpha value is -0.570. The van der Waals surface area contributed by atoms with Crippen molar-refractivity contribution in [2.75, 3.05) is 0 Å². The summed E-state index contributed by atoms with van der Waals surface area (Å²) in [5.41, 5.74) is 5.31. The van der Waals surface area contributed by atoms with Gasteiger partial charge in [-0.3, -0.25) is 4.79 Å². The van der Waals surface area contributed by atoms with Crippen LogP contribution in [0.25, 0.3) is 0 Å². The molecular weight excluding hydrogens is 176 g/mol. The second kappa shape index (κ2) is 4.30. The third-order valence-electron chi connectivity index (χ3n) is 2.91. The van der Waals surface area contributed by atoms with Gasteiger partial charge in [0.15, 0.2) is 0 Å². The van der Waals surface area contributed by atoms with Crippen molar-refractivity contribution in [3.63, 3.8) is 0 Å². The first-order valence-corrected chi connectivity index (χ1v) is 5.46. The van der Waals surface area contributed by atoms with Crippen molar-refractivity contribution in [2.24, 2.45) is 11.1 Å². The van der Waals surface area contributed by atoms with Crippen molar-refractivity contribution >= 4 is 5.91 Å². The Kier molecular flexibility index (Phi) is 3.53. The zero-order chi connectivity index (χ0) is 10.8. The van der Waals surface area contributed by atoms with Gasteiger partial charge in [0, 0.05) is 6.04 Å². The predicted molar refractivity (Wildman–Crippen MR) is 57.8 cm³/mol. The van der Waals surface area contributed by atoms with Crippen molar-refractivity contribution in [3.8, 4) is 0 Å². The molecule has 1 saturated carbocycles. The summed E-state index contributed by atoms with van der Waals surface area (Å²) in [6, 6.07) is 0.289. The Morgan fingerprint density at radius 3 is 2.21 bits per heavy atom. The molecule has 0 radical (unpaired) electrons. The first-order chi connectivity index (χ1) is 6.41. The Labute approximate surface area is 86.4 Å². The summed E-state index contributed by atoms with van der Waals surface area (Å²) in [6.07, 6.45) is 4.90. The van der Waals surface area contributed by atoms with E-state index < -0.39 is 0 Å². The number of nitrogens with one attached hydrogen (secondary N) is 1. The molecule has 0 spiro atoms. The molecule has 0 saturated heterocycles. The SMILES string of the molecule is CC(C)(C)C(NC1CCCC1)C(N)=O. The molecule has 1 fully saturated rings. The van der Waals surface area contributed by atoms with Crippen LogP contribution < -0.4 is 11.1 Å². The van der Waals surface area contributed by atoms with E-state index in [4.69, 9.17) is 5.73 Å². The minimum Gasteiger partial charge on any atom is -0.368 e. The van der Waals surface area contributed by atoms with Crippen LogP contribution in [0.3, 0.4) is 0 Å². The van der Waals surface area contributed by atoms with Crippen LogP contribution in [0.5, 0.6) is 0 Å². The van der Waals surface area contributed by atoms with Crippen molar-refractivity contribution in [2.45, 2.75) is 58.5 Å². The van der Waals surface area contributed by atoms with E-state index in [9.17, 15) is 4.79 Å². The highest BCUT2D eigenvalue weighted by Crippen LogP contribution is 2.24. The van der Waals surface area contributed by atoms with Gasteiger partial charge < -0.3 is 11.1 Å². The summed E-state index contributed by atoms with van der Waals surface area (Å²) in [5, 5.41) is 3.38. The molecule has 1 amide bonds. The summed E-state index contributed by atoms with van der Waals surface area (Å²) < 4.78 is 0. The van der Waals surface area contributed by atoms with Crippen LogP contribution in [0.1, 0.15) is 46.5 Å². The Balaban J connectivity index is 2.55. The number of hydrogen-bond donors (Lipinski definition) is 2. The molecule has 0 aromatic rings. The highest BCUT2D eigenvalue weighted by atomic mass is 16.1. The molecule has 0 bridgehead atoms. The van der Waals surface area contributed by atoms with Gasteiger partial charge in [-0.05, 0) is 18.3 Å². The van der Waals surface area contributed by atoms with Crippen LogP contribution in [0, 0.1) is 5.41 Å². The van der Waals surface area contributed by atoms with E-state index in [1.807, 2.05) is 20.8 Å². The van der Waals surface area contributed by atoms with E-state index in [-0.39, 0.29) is 17.4 Å². The smallest absolute Gasteiger partial charge is 0.235 e. The van der Waals surface area contributed by atoms with Crippen LogP contribution in [0.15, 0.2) is 0 Å². The molecule has 3 N–H and O–H groups in total. The zero-order valence-electron chi connectivity index (χ0n) is 9.47. The molecule has 3 nitrogen and oxygen atoms in total. The van der Waals surface area contributed by atoms with Crippen molar-refractivity contribution < 1.29 is 4.79 Å². The van der Waals surface area contributed by atoms with E-state index in [1.54, 1.807) is 0 Å². The Bertz CT molecular complexity index is 202. The third kappa shape index (κ3) is 2.98. The molecule has 14 heavy (non-hydrogen) atoms. The molecule has 3 heteroatoms. The zero-order valence-corrected chi connectivity index (χ0v) is 9.47. The van der Waals surface area contributed by atoms with Crippen molar-refractivity contribution in [3.05, 3.63) is 0 Å². The van der Waals surface area contributed by atoms with Gasteiger partial charge in [-0.25, -0.2) is 0 Å². The van der Waals surface area contributed by atoms with E-state index in [1.165, 1.54) is 25.7 Å². The lowest BCUT2D eigenvalue weighted by molar-refractivity contribution is -0.122. The fourth-order valence-corrected chi connectivity index (χ4v) is 2.09. The van der Waals surface area contributed by atoms with Gasteiger partial charge in [0.1, 0.15) is 0 Å². The van der Waals surface area contributed by atoms with E-state index in [0.717, 1.165) is 0 Å². The summed E-state index contributed by atoms with van der Waals surface area (Å²) in [7, 11) is 0. The lowest BCUT2D eigenvalue weighted by Gasteiger charge is -2.31. The van der Waals surface area contributed by atoms with Gasteiger partial charge in [-0.2, -0.15) is 0 Å². The van der Waals surface area contributed by atoms with Gasteiger partial charge in [0.05, 0.1) is 6.04 Å². The average molecular weight is 198 g/mol. The molecule has 1 atom stereocenters. The minimum atomic E-state index is -0.232. The van der Waals surface area contributed by atoms with E-state index in [0.29, 0.717) is 6.04 Å². The number of primary amides is 1. The number of rotatable bonds is 3. The van der Waals surface area contributed by atoms with Gasteiger partial charge in [0.2, 0.25) is 5.91 Å². The molecule has 1 aliphatic rings. The number of nitrogens with two attached hydrogens (primary N) is 1. The van der Waals surface area contributed by atoms with Crippen LogP contribution >= 0.6 is 0 Å². The predicted octanol–water partition coefficient (Wildman–Crippen LogP) is 1.42. The van der Waals surface area contributed by atoms with Gasteiger partial charge in [-0.15, -0.1) is 0 Å². The molecule has 1 rings (SSSR count). The number of carbonyl (C=O) groups is 1. The summed E-state index contributed by atoms with van der Waals surface area (Å²) in [5.74, 6) is -0.232. The largest absolute Gasteiger partial charge is 0.368 e. The van der Waals surface area contributed by atoms with Crippen LogP contribution in [-0.2, 0) is 4.79 Å². The van der Waals surface area contributed by atoms with E-state index in [2.05, 4.69) is 5.32 Å². The molecule has 0 heterocycles. The minimum absolute atomic E-state index is 0.0889. The maximum atomic E-state index is 11.3. The van der Waals surface area contributed by atoms with Crippen LogP contribution in [-0.4, -0.2) is 18.0 Å². The first kappa shape index (κ1) is 11.5. The van der Waals surface area contributed by atoms with Gasteiger partial charge >= 0.3 is 0 Å². The Morgan fingerprint density at radius 2 is 1.86 bits per heavy atom. The van der Waals surface area contributed by atoms with Gasteiger partial charge in [0.25, 0.3) is 0 Å². The number of amides is 1. The fourth-order valence-electron chi connectivity index (χ4n) is 2.09. The standard InChI is InChI=1S/C11H22N2O/c1-11(2,3)9(10(12)14)13-8-6-4-5-7-8/h8-9,13H,4-7H2,1-3H3,(H2,12,14). The van der Waals surface area contributed by atoms with Crippen LogP contribution in [0.4, 0.5) is 0 Å². The maximum Gasteiger partial charge on any atom is 0.235 e. The summed E-state index contributed by atoms with van der Waals surface area (Å²) in [4.78, 5) is 11.3. The molecule has 0 aliphatic heterocycles. The second-order valence-electron chi connectivity index (χ2n) is 5.35. The molecule has 0 aromatic heterocycles. The van der Waals surface area contributed by atoms with Crippen molar-refractivity contribution in [1.82, 2.24) is 5.32 Å². The normalized spacial score (nSPS) is 21.1. The highest BCUT2D eigenvalue weighted by molar-refractivity contribution is 5.80. The molecule has 1 unspecified atom stereocenters. The lowest BCUT2D eigenvalue weighted by atomic mass is 9.85.